The molecule has 23 rings (SSSR count). The van der Waals surface area contributed by atoms with Gasteiger partial charge in [-0.3, -0.25) is 0 Å². The fourth-order valence-corrected chi connectivity index (χ4v) is 27.9. The third-order valence-corrected chi connectivity index (χ3v) is 35.7. The summed E-state index contributed by atoms with van der Waals surface area (Å²) >= 11 is 0. The van der Waals surface area contributed by atoms with E-state index in [1.54, 1.807) is 0 Å². The van der Waals surface area contributed by atoms with Gasteiger partial charge in [-0.1, -0.05) is 200 Å². The van der Waals surface area contributed by atoms with Gasteiger partial charge in [0.1, 0.15) is 0 Å². The van der Waals surface area contributed by atoms with E-state index in [1.165, 1.54) is 298 Å². The number of nitrogens with zero attached hydrogens (tertiary/aromatic N) is 4. The lowest BCUT2D eigenvalue weighted by molar-refractivity contribution is 0.195. The van der Waals surface area contributed by atoms with Crippen LogP contribution in [0.15, 0.2) is 206 Å². The molecule has 15 aromatic carbocycles. The summed E-state index contributed by atoms with van der Waals surface area (Å²) < 4.78 is 0. The van der Waals surface area contributed by atoms with E-state index in [-0.39, 0.29) is 43.8 Å². The van der Waals surface area contributed by atoms with Crippen LogP contribution in [0.4, 0.5) is 45.5 Å². The summed E-state index contributed by atoms with van der Waals surface area (Å²) in [4.78, 5) is 11.2. The zero-order valence-electron chi connectivity index (χ0n) is 72.7. The van der Waals surface area contributed by atoms with Gasteiger partial charge in [0.05, 0.1) is 22.2 Å². The van der Waals surface area contributed by atoms with Gasteiger partial charge in [0, 0.05) is 67.2 Å². The van der Waals surface area contributed by atoms with Gasteiger partial charge < -0.3 is 19.6 Å². The summed E-state index contributed by atoms with van der Waals surface area (Å²) in [5.41, 5.74) is 38.5. The third kappa shape index (κ3) is 8.83. The maximum Gasteiger partial charge on any atom is 0.0518 e. The zero-order chi connectivity index (χ0) is 80.8. The van der Waals surface area contributed by atoms with Crippen molar-refractivity contribution >= 4 is 110 Å². The highest BCUT2D eigenvalue weighted by Crippen LogP contribution is 2.69. The maximum atomic E-state index is 2.80. The lowest BCUT2D eigenvalue weighted by atomic mass is 9.61. The molecule has 0 aromatic heterocycles. The smallest absolute Gasteiger partial charge is 0.0518 e. The first-order chi connectivity index (χ1) is 56.9. The molecule has 4 saturated carbocycles. The van der Waals surface area contributed by atoms with E-state index >= 15 is 0 Å². The summed E-state index contributed by atoms with van der Waals surface area (Å²) in [6, 6.07) is 82.7. The highest BCUT2D eigenvalue weighted by molar-refractivity contribution is 6.40. The first-order valence-electron chi connectivity index (χ1n) is 45.3. The summed E-state index contributed by atoms with van der Waals surface area (Å²) in [5, 5.41) is 16.3. The van der Waals surface area contributed by atoms with Crippen molar-refractivity contribution in [3.63, 3.8) is 0 Å². The average Bonchev–Trinajstić information content (AvgIpc) is 1.53. The molecule has 0 bridgehead atoms. The van der Waals surface area contributed by atoms with Crippen LogP contribution in [-0.2, 0) is 21.7 Å². The van der Waals surface area contributed by atoms with Crippen LogP contribution in [-0.4, -0.2) is 22.2 Å². The molecule has 0 N–H and O–H groups in total. The van der Waals surface area contributed by atoms with Gasteiger partial charge in [0.2, 0.25) is 0 Å². The second-order valence-electron chi connectivity index (χ2n) is 40.3. The molecule has 4 aliphatic heterocycles. The van der Waals surface area contributed by atoms with Crippen molar-refractivity contribution in [3.8, 4) is 44.5 Å². The topological polar surface area (TPSA) is 13.0 Å². The molecule has 8 unspecified atom stereocenters. The van der Waals surface area contributed by atoms with Crippen LogP contribution >= 0.6 is 0 Å². The van der Waals surface area contributed by atoms with E-state index < -0.39 is 0 Å². The number of fused-ring (bicyclic) bond motifs is 18. The van der Waals surface area contributed by atoms with Gasteiger partial charge in [-0.2, -0.15) is 0 Å². The Morgan fingerprint density at radius 2 is 0.398 bits per heavy atom. The molecule has 4 aliphatic carbocycles. The maximum absolute atomic E-state index is 2.80. The summed E-state index contributed by atoms with van der Waals surface area (Å²) in [6.45, 7) is 40.7. The fourth-order valence-electron chi connectivity index (χ4n) is 27.9. The first-order valence-corrected chi connectivity index (χ1v) is 45.3. The molecule has 118 heavy (non-hydrogen) atoms. The molecule has 8 atom stereocenters. The van der Waals surface area contributed by atoms with Crippen molar-refractivity contribution in [2.45, 2.75) is 257 Å². The summed E-state index contributed by atoms with van der Waals surface area (Å²) in [6.07, 6.45) is 19.3. The zero-order valence-corrected chi connectivity index (χ0v) is 72.7. The number of benzene rings is 13. The standard InChI is InChI=1S/C114H114N4/c1-67-71(5)103-95(107(9)53-29-33-57-111(107,13)115(103)75-37-21-17-22-38-75)63-87(67)79-45-49-83-91-61-93-85-51-47-81(89-65-97-105(73(7)69(89)3)117(77-41-25-19-26-42-77)113(15)59-35-31-55-109(97,113)11)100-82(90-66-98-106(74(8)70(90)4)118(78-43-27-20-28-44-78)114(16)60-36-32-56-110(98,114)12)48-52-86(102(85)100)94(93)62-92(91)84-50-46-80(99(79)101(83)84)88-64-96-104(72(6)68(88)2)116(76-39-23-18-24-40-76)112(14)58-34-30-54-108(96,112)10/h17-28,37-52,61-66H,29-36,53-60H2,1-16H3. The lowest BCUT2D eigenvalue weighted by Gasteiger charge is -2.50. The Hall–Kier alpha value is -10.4. The SMILES string of the molecule is Cc1c(-c2ccc3c4cc5c(cc4c4ccc(-c6cc7c(c(C)c6C)N(c6ccccc6)C6(C)CCCCC76C)c2c34)c2ccc(-c3cc4c(c(C)c3C)N(c3ccccc3)C3(C)CCCCC43C)c3c(-c4cc6c(c(C)c4C)N(c4ccccc4)C4(C)CCCCC64C)ccc5c32)cc2c(c1C)N(c1ccccc1)C1(C)CCCCC21C. The quantitative estimate of drug-likeness (QED) is 0.150. The Balaban J connectivity index is 0.796. The van der Waals surface area contributed by atoms with Gasteiger partial charge in [-0.05, 0) is 395 Å². The predicted octanol–water partition coefficient (Wildman–Crippen LogP) is 31.6. The second-order valence-corrected chi connectivity index (χ2v) is 40.3. The van der Waals surface area contributed by atoms with Crippen molar-refractivity contribution in [2.75, 3.05) is 19.6 Å². The number of rotatable bonds is 8. The number of hydrogen-bond donors (Lipinski definition) is 0. The van der Waals surface area contributed by atoms with Crippen LogP contribution in [0.1, 0.15) is 225 Å². The van der Waals surface area contributed by atoms with E-state index in [0.717, 1.165) is 25.7 Å². The molecule has 4 nitrogen and oxygen atoms in total. The van der Waals surface area contributed by atoms with Crippen molar-refractivity contribution in [1.29, 1.82) is 0 Å². The molecule has 0 amide bonds. The minimum Gasteiger partial charge on any atom is -0.334 e. The van der Waals surface area contributed by atoms with Gasteiger partial charge >= 0.3 is 0 Å². The highest BCUT2D eigenvalue weighted by atomic mass is 15.3. The van der Waals surface area contributed by atoms with Gasteiger partial charge in [-0.15, -0.1) is 0 Å². The first kappa shape index (κ1) is 72.8. The van der Waals surface area contributed by atoms with Gasteiger partial charge in [-0.25, -0.2) is 0 Å². The molecule has 0 spiro atoms. The largest absolute Gasteiger partial charge is 0.334 e. The Labute approximate surface area is 700 Å². The van der Waals surface area contributed by atoms with E-state index in [2.05, 4.69) is 337 Å². The lowest BCUT2D eigenvalue weighted by Crippen LogP contribution is -2.54. The molecule has 15 aromatic rings. The van der Waals surface area contributed by atoms with E-state index in [1.807, 2.05) is 0 Å². The Morgan fingerprint density at radius 3 is 0.610 bits per heavy atom. The van der Waals surface area contributed by atoms with Crippen molar-refractivity contribution in [1.82, 2.24) is 0 Å². The van der Waals surface area contributed by atoms with Crippen LogP contribution in [0, 0.1) is 55.4 Å². The van der Waals surface area contributed by atoms with Crippen molar-refractivity contribution < 1.29 is 0 Å². The molecule has 4 fully saturated rings. The molecule has 4 heteroatoms. The normalized spacial score (nSPS) is 26.3. The van der Waals surface area contributed by atoms with E-state index in [4.69, 9.17) is 0 Å². The van der Waals surface area contributed by atoms with E-state index in [9.17, 15) is 0 Å². The molecule has 8 aliphatic rings. The number of para-hydroxylation sites is 4. The molecular formula is C114H114N4. The predicted molar refractivity (Wildman–Crippen MR) is 505 cm³/mol. The van der Waals surface area contributed by atoms with Gasteiger partial charge in [0.25, 0.3) is 0 Å². The number of anilines is 8. The Bertz CT molecular complexity index is 6020. The molecule has 0 saturated heterocycles. The van der Waals surface area contributed by atoms with Crippen LogP contribution in [0.5, 0.6) is 0 Å². The third-order valence-electron chi connectivity index (χ3n) is 35.7. The Morgan fingerprint density at radius 1 is 0.195 bits per heavy atom. The van der Waals surface area contributed by atoms with Crippen LogP contribution < -0.4 is 19.6 Å². The second kappa shape index (κ2) is 24.6. The van der Waals surface area contributed by atoms with Crippen molar-refractivity contribution in [2.24, 2.45) is 0 Å². The highest BCUT2D eigenvalue weighted by Gasteiger charge is 2.63. The molecule has 590 valence electrons. The van der Waals surface area contributed by atoms with E-state index in [0.29, 0.717) is 0 Å². The summed E-state index contributed by atoms with van der Waals surface area (Å²) in [7, 11) is 0. The van der Waals surface area contributed by atoms with Crippen LogP contribution in [0.3, 0.4) is 0 Å². The Kier molecular flexibility index (Phi) is 15.2. The van der Waals surface area contributed by atoms with Gasteiger partial charge in [0.15, 0.2) is 0 Å². The van der Waals surface area contributed by atoms with Crippen molar-refractivity contribution in [3.05, 3.63) is 273 Å². The van der Waals surface area contributed by atoms with Crippen LogP contribution in [0.25, 0.3) is 109 Å². The number of hydrogen-bond acceptors (Lipinski definition) is 4. The molecular weight excluding hydrogens is 1430 g/mol. The van der Waals surface area contributed by atoms with Crippen LogP contribution in [0.2, 0.25) is 0 Å². The molecule has 4 heterocycles. The fraction of sp³-hybridized carbons (Fsp3) is 0.351. The average molecular weight is 1540 g/mol. The monoisotopic (exact) mass is 1540 g/mol. The minimum absolute atomic E-state index is 0.0587. The molecule has 0 radical (unpaired) electrons. The minimum atomic E-state index is -0.0796. The summed E-state index contributed by atoms with van der Waals surface area (Å²) in [5.74, 6) is 0.